The zero-order chi connectivity index (χ0) is 20.2. The molecule has 1 heterocycles. The summed E-state index contributed by atoms with van der Waals surface area (Å²) in [5.74, 6) is 0.728. The summed E-state index contributed by atoms with van der Waals surface area (Å²) >= 11 is 0. The van der Waals surface area contributed by atoms with Crippen molar-refractivity contribution in [1.82, 2.24) is 9.66 Å². The van der Waals surface area contributed by atoms with Crippen molar-refractivity contribution in [2.75, 3.05) is 0 Å². The molecule has 0 spiro atoms. The van der Waals surface area contributed by atoms with Crippen LogP contribution in [0.5, 0.6) is 0 Å². The number of benzene rings is 3. The summed E-state index contributed by atoms with van der Waals surface area (Å²) in [4.78, 5) is 15.3. The first-order chi connectivity index (χ1) is 14.1. The van der Waals surface area contributed by atoms with E-state index in [1.807, 2.05) is 73.8 Å². The molecule has 0 amide bonds. The molecule has 0 bridgehead atoms. The van der Waals surface area contributed by atoms with Crippen LogP contribution in [0.1, 0.15) is 12.5 Å². The Labute approximate surface area is 167 Å². The van der Waals surface area contributed by atoms with Crippen LogP contribution in [0.25, 0.3) is 22.6 Å². The maximum atomic E-state index is 10.9. The molecule has 0 fully saturated rings. The van der Waals surface area contributed by atoms with Crippen LogP contribution >= 0.6 is 0 Å². The third kappa shape index (κ3) is 3.96. The quantitative estimate of drug-likeness (QED) is 0.264. The lowest BCUT2D eigenvalue weighted by molar-refractivity contribution is -0.384. The van der Waals surface area contributed by atoms with Crippen molar-refractivity contribution < 1.29 is 4.92 Å². The van der Waals surface area contributed by atoms with E-state index in [2.05, 4.69) is 0 Å². The summed E-state index contributed by atoms with van der Waals surface area (Å²) in [7, 11) is 0. The van der Waals surface area contributed by atoms with Crippen LogP contribution in [0.4, 0.5) is 5.69 Å². The minimum atomic E-state index is -0.411. The second-order valence-electron chi connectivity index (χ2n) is 6.52. The number of aromatic nitrogens is 2. The molecule has 4 rings (SSSR count). The van der Waals surface area contributed by atoms with Crippen molar-refractivity contribution in [2.24, 2.45) is 5.10 Å². The normalized spacial score (nSPS) is 11.4. The van der Waals surface area contributed by atoms with Crippen LogP contribution in [0.15, 0.2) is 96.2 Å². The molecule has 0 aliphatic heterocycles. The fourth-order valence-corrected chi connectivity index (χ4v) is 3.02. The number of nitro groups is 1. The summed E-state index contributed by atoms with van der Waals surface area (Å²) in [6.07, 6.45) is 1.90. The molecule has 0 aliphatic rings. The number of rotatable bonds is 5. The Morgan fingerprint density at radius 2 is 1.48 bits per heavy atom. The van der Waals surface area contributed by atoms with E-state index in [0.29, 0.717) is 0 Å². The largest absolute Gasteiger partial charge is 0.269 e. The Hall–Kier alpha value is -4.06. The summed E-state index contributed by atoms with van der Waals surface area (Å²) in [5, 5.41) is 15.6. The van der Waals surface area contributed by atoms with Gasteiger partial charge in [0, 0.05) is 23.3 Å². The van der Waals surface area contributed by atoms with E-state index in [0.717, 1.165) is 33.9 Å². The Balaban J connectivity index is 1.78. The van der Waals surface area contributed by atoms with Crippen LogP contribution in [0, 0.1) is 10.1 Å². The Bertz CT molecular complexity index is 1160. The lowest BCUT2D eigenvalue weighted by atomic mass is 10.1. The van der Waals surface area contributed by atoms with Gasteiger partial charge in [-0.1, -0.05) is 60.7 Å². The van der Waals surface area contributed by atoms with E-state index in [4.69, 9.17) is 10.1 Å². The number of nitro benzene ring substituents is 1. The minimum Gasteiger partial charge on any atom is -0.258 e. The van der Waals surface area contributed by atoms with Gasteiger partial charge in [0.15, 0.2) is 5.82 Å². The van der Waals surface area contributed by atoms with Crippen molar-refractivity contribution in [2.45, 2.75) is 6.92 Å². The van der Waals surface area contributed by atoms with Crippen LogP contribution in [0.2, 0.25) is 0 Å². The summed E-state index contributed by atoms with van der Waals surface area (Å²) in [6.45, 7) is 1.87. The van der Waals surface area contributed by atoms with E-state index in [1.54, 1.807) is 16.8 Å². The molecular formula is C23H18N4O2. The van der Waals surface area contributed by atoms with Gasteiger partial charge in [0.1, 0.15) is 0 Å². The molecule has 0 atom stereocenters. The zero-order valence-corrected chi connectivity index (χ0v) is 15.8. The van der Waals surface area contributed by atoms with E-state index in [-0.39, 0.29) is 5.69 Å². The Morgan fingerprint density at radius 1 is 0.897 bits per heavy atom. The van der Waals surface area contributed by atoms with Crippen LogP contribution in [-0.2, 0) is 0 Å². The van der Waals surface area contributed by atoms with Gasteiger partial charge >= 0.3 is 0 Å². The molecule has 0 N–H and O–H groups in total. The van der Waals surface area contributed by atoms with Crippen molar-refractivity contribution >= 4 is 11.4 Å². The molecule has 0 saturated carbocycles. The van der Waals surface area contributed by atoms with Crippen molar-refractivity contribution in [3.8, 4) is 22.6 Å². The predicted octanol–water partition coefficient (Wildman–Crippen LogP) is 5.40. The molecule has 4 aromatic rings. The smallest absolute Gasteiger partial charge is 0.258 e. The van der Waals surface area contributed by atoms with Crippen LogP contribution in [0.3, 0.4) is 0 Å². The SMILES string of the molecule is C/C(=N\n1cc(-c2ccccc2)nc1-c1ccccc1)c1ccc([N+](=O)[O-])cc1. The van der Waals surface area contributed by atoms with Crippen LogP contribution in [-0.4, -0.2) is 20.3 Å². The van der Waals surface area contributed by atoms with Crippen molar-refractivity contribution in [3.63, 3.8) is 0 Å². The molecule has 3 aromatic carbocycles. The van der Waals surface area contributed by atoms with Crippen LogP contribution < -0.4 is 0 Å². The highest BCUT2D eigenvalue weighted by molar-refractivity contribution is 5.98. The highest BCUT2D eigenvalue weighted by atomic mass is 16.6. The number of hydrogen-bond donors (Lipinski definition) is 0. The molecule has 0 saturated heterocycles. The Kier molecular flexibility index (Phi) is 4.99. The average Bonchev–Trinajstić information content (AvgIpc) is 3.19. The number of hydrogen-bond acceptors (Lipinski definition) is 4. The number of imidazole rings is 1. The molecule has 29 heavy (non-hydrogen) atoms. The van der Waals surface area contributed by atoms with Crippen molar-refractivity contribution in [3.05, 3.63) is 107 Å². The average molecular weight is 382 g/mol. The zero-order valence-electron chi connectivity index (χ0n) is 15.8. The number of nitrogens with zero attached hydrogens (tertiary/aromatic N) is 4. The van der Waals surface area contributed by atoms with Gasteiger partial charge in [-0.05, 0) is 24.6 Å². The molecule has 6 heteroatoms. The van der Waals surface area contributed by atoms with Gasteiger partial charge in [-0.2, -0.15) is 5.10 Å². The second kappa shape index (κ2) is 7.90. The van der Waals surface area contributed by atoms with Gasteiger partial charge in [-0.25, -0.2) is 9.66 Å². The van der Waals surface area contributed by atoms with E-state index in [9.17, 15) is 10.1 Å². The molecule has 0 unspecified atom stereocenters. The molecule has 6 nitrogen and oxygen atoms in total. The first-order valence-corrected chi connectivity index (χ1v) is 9.12. The standard InChI is InChI=1S/C23H18N4O2/c1-17(18-12-14-21(15-13-18)27(28)29)25-26-16-22(19-8-4-2-5-9-19)24-23(26)20-10-6-3-7-11-20/h2-16H,1H3/b25-17+. The lowest BCUT2D eigenvalue weighted by Gasteiger charge is -2.05. The molecule has 1 aromatic heterocycles. The maximum absolute atomic E-state index is 10.9. The topological polar surface area (TPSA) is 73.3 Å². The van der Waals surface area contributed by atoms with Gasteiger partial charge in [0.05, 0.1) is 22.5 Å². The summed E-state index contributed by atoms with van der Waals surface area (Å²) < 4.78 is 1.76. The highest BCUT2D eigenvalue weighted by Gasteiger charge is 2.12. The molecule has 0 aliphatic carbocycles. The molecule has 0 radical (unpaired) electrons. The van der Waals surface area contributed by atoms with E-state index >= 15 is 0 Å². The molecule has 142 valence electrons. The first-order valence-electron chi connectivity index (χ1n) is 9.12. The summed E-state index contributed by atoms with van der Waals surface area (Å²) in [6, 6.07) is 26.2. The van der Waals surface area contributed by atoms with Gasteiger partial charge in [0.25, 0.3) is 5.69 Å². The van der Waals surface area contributed by atoms with E-state index in [1.165, 1.54) is 12.1 Å². The maximum Gasteiger partial charge on any atom is 0.269 e. The fourth-order valence-electron chi connectivity index (χ4n) is 3.02. The Morgan fingerprint density at radius 3 is 2.07 bits per heavy atom. The predicted molar refractivity (Wildman–Crippen MR) is 114 cm³/mol. The summed E-state index contributed by atoms with van der Waals surface area (Å²) in [5.41, 5.74) is 4.38. The second-order valence-corrected chi connectivity index (χ2v) is 6.52. The minimum absolute atomic E-state index is 0.0560. The van der Waals surface area contributed by atoms with Gasteiger partial charge < -0.3 is 0 Å². The van der Waals surface area contributed by atoms with Gasteiger partial charge in [-0.3, -0.25) is 10.1 Å². The monoisotopic (exact) mass is 382 g/mol. The van der Waals surface area contributed by atoms with Crippen molar-refractivity contribution in [1.29, 1.82) is 0 Å². The lowest BCUT2D eigenvalue weighted by Crippen LogP contribution is -2.01. The third-order valence-corrected chi connectivity index (χ3v) is 4.54. The highest BCUT2D eigenvalue weighted by Crippen LogP contribution is 2.25. The number of non-ortho nitro benzene ring substituents is 1. The van der Waals surface area contributed by atoms with Gasteiger partial charge in [-0.15, -0.1) is 0 Å². The van der Waals surface area contributed by atoms with E-state index < -0.39 is 4.92 Å². The van der Waals surface area contributed by atoms with Gasteiger partial charge in [0.2, 0.25) is 0 Å². The first kappa shape index (κ1) is 18.3. The fraction of sp³-hybridized carbons (Fsp3) is 0.0435. The molecular weight excluding hydrogens is 364 g/mol. The third-order valence-electron chi connectivity index (χ3n) is 4.54.